The van der Waals surface area contributed by atoms with Crippen molar-refractivity contribution in [2.45, 2.75) is 63.8 Å². The number of carbonyl (C=O) groups is 1. The Hall–Kier alpha value is -0.610. The van der Waals surface area contributed by atoms with Crippen molar-refractivity contribution in [3.63, 3.8) is 0 Å². The average molecular weight is 281 g/mol. The molecule has 2 saturated heterocycles. The molecular formula is C16H31N3O. The minimum Gasteiger partial charge on any atom is -0.353 e. The van der Waals surface area contributed by atoms with E-state index in [9.17, 15) is 4.79 Å². The molecule has 20 heavy (non-hydrogen) atoms. The molecule has 1 amide bonds. The largest absolute Gasteiger partial charge is 0.353 e. The third-order valence-corrected chi connectivity index (χ3v) is 4.77. The van der Waals surface area contributed by atoms with Gasteiger partial charge in [0.1, 0.15) is 0 Å². The van der Waals surface area contributed by atoms with E-state index in [1.54, 1.807) is 0 Å². The normalized spacial score (nSPS) is 28.2. The van der Waals surface area contributed by atoms with Crippen LogP contribution in [0.25, 0.3) is 0 Å². The van der Waals surface area contributed by atoms with Gasteiger partial charge in [0.15, 0.2) is 0 Å². The molecule has 0 aliphatic carbocycles. The van der Waals surface area contributed by atoms with Crippen molar-refractivity contribution in [3.8, 4) is 0 Å². The quantitative estimate of drug-likeness (QED) is 0.781. The summed E-state index contributed by atoms with van der Waals surface area (Å²) in [5.41, 5.74) is -0.270. The lowest BCUT2D eigenvalue weighted by Gasteiger charge is -2.28. The highest BCUT2D eigenvalue weighted by Gasteiger charge is 2.39. The molecule has 0 spiro atoms. The van der Waals surface area contributed by atoms with Crippen LogP contribution in [-0.4, -0.2) is 49.1 Å². The highest BCUT2D eigenvalue weighted by molar-refractivity contribution is 5.86. The number of rotatable bonds is 6. The fourth-order valence-corrected chi connectivity index (χ4v) is 3.61. The Bertz CT molecular complexity index is 292. The van der Waals surface area contributed by atoms with Crippen LogP contribution in [0.2, 0.25) is 0 Å². The van der Waals surface area contributed by atoms with Gasteiger partial charge in [-0.15, -0.1) is 0 Å². The Morgan fingerprint density at radius 3 is 2.55 bits per heavy atom. The molecule has 0 aromatic rings. The van der Waals surface area contributed by atoms with Crippen LogP contribution < -0.4 is 10.6 Å². The molecule has 2 fully saturated rings. The summed E-state index contributed by atoms with van der Waals surface area (Å²) in [6.45, 7) is 7.36. The summed E-state index contributed by atoms with van der Waals surface area (Å²) in [5, 5.41) is 6.62. The third-order valence-electron chi connectivity index (χ3n) is 4.77. The molecule has 1 atom stereocenters. The molecule has 0 radical (unpaired) electrons. The van der Waals surface area contributed by atoms with Gasteiger partial charge in [0.2, 0.25) is 5.91 Å². The molecule has 2 heterocycles. The Balaban J connectivity index is 1.73. The Labute approximate surface area is 123 Å². The van der Waals surface area contributed by atoms with Crippen molar-refractivity contribution in [2.75, 3.05) is 32.7 Å². The fraction of sp³-hybridized carbons (Fsp3) is 0.938. The smallest absolute Gasteiger partial charge is 0.240 e. The van der Waals surface area contributed by atoms with Crippen LogP contribution in [0, 0.1) is 0 Å². The molecular weight excluding hydrogens is 250 g/mol. The first-order chi connectivity index (χ1) is 9.77. The number of hydrogen-bond donors (Lipinski definition) is 2. The third kappa shape index (κ3) is 4.19. The molecule has 0 aromatic carbocycles. The van der Waals surface area contributed by atoms with E-state index in [0.717, 1.165) is 45.3 Å². The molecule has 4 nitrogen and oxygen atoms in total. The van der Waals surface area contributed by atoms with Gasteiger partial charge >= 0.3 is 0 Å². The average Bonchev–Trinajstić information content (AvgIpc) is 2.77. The standard InChI is InChI=1S/C16H31N3O/c1-2-8-16(9-7-10-18-16)15(20)17-11-14-19-12-5-3-4-6-13-19/h18H,2-14H2,1H3,(H,17,20). The van der Waals surface area contributed by atoms with Crippen LogP contribution in [0.3, 0.4) is 0 Å². The summed E-state index contributed by atoms with van der Waals surface area (Å²) in [5.74, 6) is 0.228. The second kappa shape index (κ2) is 7.99. The van der Waals surface area contributed by atoms with Gasteiger partial charge in [-0.2, -0.15) is 0 Å². The van der Waals surface area contributed by atoms with Crippen molar-refractivity contribution in [3.05, 3.63) is 0 Å². The van der Waals surface area contributed by atoms with E-state index in [1.807, 2.05) is 0 Å². The van der Waals surface area contributed by atoms with E-state index >= 15 is 0 Å². The maximum absolute atomic E-state index is 12.5. The lowest BCUT2D eigenvalue weighted by Crippen LogP contribution is -2.54. The van der Waals surface area contributed by atoms with Gasteiger partial charge in [0, 0.05) is 13.1 Å². The zero-order valence-electron chi connectivity index (χ0n) is 13.0. The van der Waals surface area contributed by atoms with Crippen molar-refractivity contribution in [2.24, 2.45) is 0 Å². The number of amides is 1. The van der Waals surface area contributed by atoms with Gasteiger partial charge < -0.3 is 15.5 Å². The Kier molecular flexibility index (Phi) is 6.30. The van der Waals surface area contributed by atoms with E-state index in [0.29, 0.717) is 0 Å². The summed E-state index contributed by atoms with van der Waals surface area (Å²) in [6.07, 6.45) is 9.51. The van der Waals surface area contributed by atoms with Crippen LogP contribution in [0.1, 0.15) is 58.3 Å². The Morgan fingerprint density at radius 1 is 1.20 bits per heavy atom. The zero-order valence-corrected chi connectivity index (χ0v) is 13.0. The van der Waals surface area contributed by atoms with Crippen LogP contribution in [-0.2, 0) is 4.79 Å². The first-order valence-electron chi connectivity index (χ1n) is 8.52. The second-order valence-corrected chi connectivity index (χ2v) is 6.37. The lowest BCUT2D eigenvalue weighted by atomic mass is 9.91. The predicted octanol–water partition coefficient (Wildman–Crippen LogP) is 1.90. The lowest BCUT2D eigenvalue weighted by molar-refractivity contribution is -0.127. The molecule has 116 valence electrons. The SMILES string of the molecule is CCCC1(C(=O)NCCN2CCCCCC2)CCCN1. The first-order valence-corrected chi connectivity index (χ1v) is 8.52. The molecule has 2 aliphatic heterocycles. The minimum atomic E-state index is -0.270. The Morgan fingerprint density at radius 2 is 1.95 bits per heavy atom. The van der Waals surface area contributed by atoms with Crippen molar-refractivity contribution in [1.29, 1.82) is 0 Å². The highest BCUT2D eigenvalue weighted by atomic mass is 16.2. The summed E-state index contributed by atoms with van der Waals surface area (Å²) in [6, 6.07) is 0. The molecule has 0 aromatic heterocycles. The number of carbonyl (C=O) groups excluding carboxylic acids is 1. The topological polar surface area (TPSA) is 44.4 Å². The number of nitrogens with one attached hydrogen (secondary N) is 2. The number of nitrogens with zero attached hydrogens (tertiary/aromatic N) is 1. The van der Waals surface area contributed by atoms with E-state index < -0.39 is 0 Å². The van der Waals surface area contributed by atoms with Gasteiger partial charge in [0.25, 0.3) is 0 Å². The van der Waals surface area contributed by atoms with Gasteiger partial charge in [-0.1, -0.05) is 26.2 Å². The molecule has 1 unspecified atom stereocenters. The van der Waals surface area contributed by atoms with Crippen LogP contribution >= 0.6 is 0 Å². The monoisotopic (exact) mass is 281 g/mol. The molecule has 0 bridgehead atoms. The minimum absolute atomic E-state index is 0.228. The predicted molar refractivity (Wildman–Crippen MR) is 82.8 cm³/mol. The van der Waals surface area contributed by atoms with Gasteiger partial charge in [-0.25, -0.2) is 0 Å². The molecule has 2 aliphatic rings. The van der Waals surface area contributed by atoms with E-state index in [2.05, 4.69) is 22.5 Å². The zero-order chi connectivity index (χ0) is 14.3. The maximum atomic E-state index is 12.5. The summed E-state index contributed by atoms with van der Waals surface area (Å²) >= 11 is 0. The molecule has 2 rings (SSSR count). The van der Waals surface area contributed by atoms with Crippen LogP contribution in [0.5, 0.6) is 0 Å². The summed E-state index contributed by atoms with van der Waals surface area (Å²) in [7, 11) is 0. The molecule has 2 N–H and O–H groups in total. The van der Waals surface area contributed by atoms with E-state index in [4.69, 9.17) is 0 Å². The summed E-state index contributed by atoms with van der Waals surface area (Å²) < 4.78 is 0. The van der Waals surface area contributed by atoms with Gasteiger partial charge in [0.05, 0.1) is 5.54 Å². The molecule has 4 heteroatoms. The summed E-state index contributed by atoms with van der Waals surface area (Å²) in [4.78, 5) is 15.0. The van der Waals surface area contributed by atoms with E-state index in [-0.39, 0.29) is 11.4 Å². The van der Waals surface area contributed by atoms with Crippen molar-refractivity contribution >= 4 is 5.91 Å². The second-order valence-electron chi connectivity index (χ2n) is 6.37. The van der Waals surface area contributed by atoms with E-state index in [1.165, 1.54) is 38.8 Å². The van der Waals surface area contributed by atoms with Crippen molar-refractivity contribution in [1.82, 2.24) is 15.5 Å². The van der Waals surface area contributed by atoms with Crippen LogP contribution in [0.4, 0.5) is 0 Å². The van der Waals surface area contributed by atoms with Gasteiger partial charge in [-0.05, 0) is 51.7 Å². The van der Waals surface area contributed by atoms with Crippen LogP contribution in [0.15, 0.2) is 0 Å². The first kappa shape index (κ1) is 15.8. The van der Waals surface area contributed by atoms with Crippen molar-refractivity contribution < 1.29 is 4.79 Å². The number of likely N-dealkylation sites (tertiary alicyclic amines) is 1. The number of hydrogen-bond acceptors (Lipinski definition) is 3. The molecule has 0 saturated carbocycles. The maximum Gasteiger partial charge on any atom is 0.240 e. The fourth-order valence-electron chi connectivity index (χ4n) is 3.61. The van der Waals surface area contributed by atoms with Gasteiger partial charge in [-0.3, -0.25) is 4.79 Å². The highest BCUT2D eigenvalue weighted by Crippen LogP contribution is 2.24.